The molecule has 0 saturated carbocycles. The van der Waals surface area contributed by atoms with E-state index >= 15 is 0 Å². The Morgan fingerprint density at radius 3 is 0.991 bits per heavy atom. The molecule has 0 radical (unpaired) electrons. The van der Waals surface area contributed by atoms with E-state index in [9.17, 15) is 0 Å². The predicted molar refractivity (Wildman–Crippen MR) is 445 cm³/mol. The Labute approximate surface area is 619 Å². The summed E-state index contributed by atoms with van der Waals surface area (Å²) >= 11 is 0. The van der Waals surface area contributed by atoms with E-state index in [1.165, 1.54) is 104 Å². The Morgan fingerprint density at radius 1 is 0.176 bits per heavy atom. The quantitative estimate of drug-likeness (QED) is 0.127. The minimum atomic E-state index is 0.588. The van der Waals surface area contributed by atoms with E-state index in [1.54, 1.807) is 0 Å². The first-order valence-corrected chi connectivity index (χ1v) is 36.5. The lowest BCUT2D eigenvalue weighted by atomic mass is 9.94. The largest absolute Gasteiger partial charge is 0.309 e. The van der Waals surface area contributed by atoms with Crippen molar-refractivity contribution < 1.29 is 0 Å². The number of hydrogen-bond donors (Lipinski definition) is 0. The fourth-order valence-corrected chi connectivity index (χ4v) is 16.9. The van der Waals surface area contributed by atoms with Crippen molar-refractivity contribution in [2.75, 3.05) is 0 Å². The normalized spacial score (nSPS) is 11.9. The Bertz CT molecular complexity index is 7350. The molecule has 0 unspecified atom stereocenters. The SMILES string of the molecule is c1ccc(-c2nc(-c3ccccc3)nc(-n3c4ccccc4c4cc(-c5ccc6c7c5ccc5cccc(c57)n6-c5cccc6ccccc56)ccc43)n2)cc1.c1ccc(-c2nc(-c3ccccc3)nc(-n3c4ccccc4c4cc(-c5ccc6c7c5ccc5cccc(c57)n6-c5ccccc5)ccc43)n2)cc1. The predicted octanol–water partition coefficient (Wildman–Crippen LogP) is 24.5. The third-order valence-corrected chi connectivity index (χ3v) is 21.7. The Kier molecular flexibility index (Phi) is 13.8. The molecule has 502 valence electrons. The molecule has 17 aromatic carbocycles. The number of para-hydroxylation sites is 3. The summed E-state index contributed by atoms with van der Waals surface area (Å²) in [4.78, 5) is 30.4. The van der Waals surface area contributed by atoms with Gasteiger partial charge in [0.1, 0.15) is 0 Å². The van der Waals surface area contributed by atoms with Crippen LogP contribution in [0.2, 0.25) is 0 Å². The number of fused-ring (bicyclic) bond motifs is 7. The van der Waals surface area contributed by atoms with Crippen molar-refractivity contribution in [1.82, 2.24) is 48.2 Å². The van der Waals surface area contributed by atoms with Crippen LogP contribution >= 0.6 is 0 Å². The van der Waals surface area contributed by atoms with Crippen LogP contribution in [0.5, 0.6) is 0 Å². The summed E-state index contributed by atoms with van der Waals surface area (Å²) in [6, 6.07) is 129. The summed E-state index contributed by atoms with van der Waals surface area (Å²) < 4.78 is 9.22. The molecule has 10 heteroatoms. The first kappa shape index (κ1) is 60.8. The first-order valence-electron chi connectivity index (χ1n) is 36.5. The van der Waals surface area contributed by atoms with Crippen molar-refractivity contribution in [1.29, 1.82) is 0 Å². The minimum absolute atomic E-state index is 0.588. The fraction of sp³-hybridized carbons (Fsp3) is 0. The standard InChI is InChI=1S/C51H31N5.C47H29N5/c1-3-14-34(15-4-1)49-52-50(35-16-5-2-6-17-35)54-51(53-49)56-43-22-10-9-21-39(43)41-31-36(26-29-44(41)56)37-28-30-46-48-40(37)27-25-33-19-12-24-45(47(33)48)55(46)42-23-11-18-32-13-7-8-20-38(32)42;1-4-13-31(14-5-1)45-48-46(32-15-6-2-7-16-32)50-47(49-45)52-39-21-11-10-20-36(39)38-29-33(24-27-40(38)52)35-26-28-42-44-37(35)25-23-30-17-12-22-41(43(30)44)51(42)34-18-8-3-9-19-34/h1-31H;1-29H. The maximum Gasteiger partial charge on any atom is 0.238 e. The van der Waals surface area contributed by atoms with Crippen molar-refractivity contribution >= 4 is 120 Å². The van der Waals surface area contributed by atoms with E-state index in [2.05, 4.69) is 261 Å². The molecule has 0 bridgehead atoms. The molecule has 0 N–H and O–H groups in total. The molecule has 0 aliphatic rings. The van der Waals surface area contributed by atoms with Crippen molar-refractivity contribution in [2.24, 2.45) is 0 Å². The van der Waals surface area contributed by atoms with Crippen molar-refractivity contribution in [3.8, 4) is 91.1 Å². The van der Waals surface area contributed by atoms with E-state index in [1.807, 2.05) is 121 Å². The molecule has 0 amide bonds. The van der Waals surface area contributed by atoms with E-state index in [0.717, 1.165) is 71.4 Å². The highest BCUT2D eigenvalue weighted by molar-refractivity contribution is 6.29. The smallest absolute Gasteiger partial charge is 0.238 e. The van der Waals surface area contributed by atoms with Gasteiger partial charge < -0.3 is 9.13 Å². The average molecular weight is 1380 g/mol. The molecular formula is C98H60N10. The maximum atomic E-state index is 5.12. The second-order valence-corrected chi connectivity index (χ2v) is 27.7. The van der Waals surface area contributed by atoms with Crippen LogP contribution in [-0.2, 0) is 0 Å². The third-order valence-electron chi connectivity index (χ3n) is 21.7. The number of rotatable bonds is 10. The van der Waals surface area contributed by atoms with Crippen molar-refractivity contribution in [3.63, 3.8) is 0 Å². The van der Waals surface area contributed by atoms with Crippen LogP contribution in [-0.4, -0.2) is 48.2 Å². The first-order chi connectivity index (χ1) is 53.6. The number of nitrogens with zero attached hydrogens (tertiary/aromatic N) is 10. The van der Waals surface area contributed by atoms with Crippen LogP contribution in [0.1, 0.15) is 0 Å². The molecule has 23 aromatic rings. The van der Waals surface area contributed by atoms with Gasteiger partial charge in [-0.2, -0.15) is 19.9 Å². The van der Waals surface area contributed by atoms with Gasteiger partial charge in [0.25, 0.3) is 0 Å². The maximum absolute atomic E-state index is 5.12. The number of benzene rings is 17. The van der Waals surface area contributed by atoms with Gasteiger partial charge in [-0.05, 0) is 128 Å². The van der Waals surface area contributed by atoms with Crippen molar-refractivity contribution in [3.05, 3.63) is 364 Å². The molecule has 0 spiro atoms. The summed E-state index contributed by atoms with van der Waals surface area (Å²) in [5.41, 5.74) is 19.9. The molecule has 0 fully saturated rings. The second-order valence-electron chi connectivity index (χ2n) is 27.7. The molecule has 6 aromatic heterocycles. The van der Waals surface area contributed by atoms with Gasteiger partial charge in [0, 0.05) is 76.4 Å². The van der Waals surface area contributed by atoms with Crippen LogP contribution in [0.4, 0.5) is 0 Å². The van der Waals surface area contributed by atoms with Gasteiger partial charge in [-0.15, -0.1) is 0 Å². The summed E-state index contributed by atoms with van der Waals surface area (Å²) in [7, 11) is 0. The highest BCUT2D eigenvalue weighted by atomic mass is 15.2. The van der Waals surface area contributed by atoms with Crippen molar-refractivity contribution in [2.45, 2.75) is 0 Å². The lowest BCUT2D eigenvalue weighted by Gasteiger charge is -2.13. The summed E-state index contributed by atoms with van der Waals surface area (Å²) in [6.45, 7) is 0. The molecule has 0 aliphatic carbocycles. The van der Waals surface area contributed by atoms with E-state index in [-0.39, 0.29) is 0 Å². The van der Waals surface area contributed by atoms with Gasteiger partial charge in [-0.25, -0.2) is 9.97 Å². The molecular weight excluding hydrogens is 1320 g/mol. The van der Waals surface area contributed by atoms with Gasteiger partial charge in [-0.3, -0.25) is 9.13 Å². The fourth-order valence-electron chi connectivity index (χ4n) is 16.9. The van der Waals surface area contributed by atoms with Gasteiger partial charge in [0.2, 0.25) is 11.9 Å². The highest BCUT2D eigenvalue weighted by Crippen LogP contribution is 2.47. The molecule has 0 aliphatic heterocycles. The van der Waals surface area contributed by atoms with Gasteiger partial charge in [0.15, 0.2) is 23.3 Å². The van der Waals surface area contributed by atoms with Gasteiger partial charge in [0.05, 0.1) is 49.8 Å². The van der Waals surface area contributed by atoms with Gasteiger partial charge in [-0.1, -0.05) is 285 Å². The zero-order chi connectivity index (χ0) is 70.9. The van der Waals surface area contributed by atoms with Crippen LogP contribution < -0.4 is 0 Å². The topological polar surface area (TPSA) is 97.1 Å². The van der Waals surface area contributed by atoms with Crippen LogP contribution in [0, 0.1) is 0 Å². The summed E-state index contributed by atoms with van der Waals surface area (Å²) in [5.74, 6) is 3.73. The van der Waals surface area contributed by atoms with Crippen LogP contribution in [0.25, 0.3) is 211 Å². The Morgan fingerprint density at radius 2 is 0.519 bits per heavy atom. The molecule has 108 heavy (non-hydrogen) atoms. The monoisotopic (exact) mass is 1380 g/mol. The Balaban J connectivity index is 0.000000134. The van der Waals surface area contributed by atoms with Gasteiger partial charge >= 0.3 is 0 Å². The Hall–Kier alpha value is -14.7. The zero-order valence-corrected chi connectivity index (χ0v) is 58.1. The molecule has 6 heterocycles. The third kappa shape index (κ3) is 9.60. The summed E-state index contributed by atoms with van der Waals surface area (Å²) in [5, 5.41) is 17.2. The van der Waals surface area contributed by atoms with E-state index < -0.39 is 0 Å². The van der Waals surface area contributed by atoms with Crippen LogP contribution in [0.15, 0.2) is 364 Å². The summed E-state index contributed by atoms with van der Waals surface area (Å²) in [6.07, 6.45) is 0. The lowest BCUT2D eigenvalue weighted by Crippen LogP contribution is -2.06. The minimum Gasteiger partial charge on any atom is -0.309 e. The molecule has 0 atom stereocenters. The lowest BCUT2D eigenvalue weighted by molar-refractivity contribution is 0.953. The average Bonchev–Trinajstić information content (AvgIpc) is 1.55. The van der Waals surface area contributed by atoms with E-state index in [0.29, 0.717) is 35.2 Å². The zero-order valence-electron chi connectivity index (χ0n) is 58.1. The second kappa shape index (κ2) is 24.5. The van der Waals surface area contributed by atoms with Crippen LogP contribution in [0.3, 0.4) is 0 Å². The molecule has 23 rings (SSSR count). The highest BCUT2D eigenvalue weighted by Gasteiger charge is 2.26. The van der Waals surface area contributed by atoms with E-state index in [4.69, 9.17) is 29.9 Å². The number of aromatic nitrogens is 10. The molecule has 10 nitrogen and oxygen atoms in total. The number of hydrogen-bond acceptors (Lipinski definition) is 6. The molecule has 0 saturated heterocycles.